The van der Waals surface area contributed by atoms with Crippen LogP contribution in [0.2, 0.25) is 5.02 Å². The van der Waals surface area contributed by atoms with Crippen molar-refractivity contribution in [2.75, 3.05) is 5.32 Å². The summed E-state index contributed by atoms with van der Waals surface area (Å²) in [5.74, 6) is -0.276. The molecule has 0 radical (unpaired) electrons. The van der Waals surface area contributed by atoms with Gasteiger partial charge >= 0.3 is 0 Å². The van der Waals surface area contributed by atoms with E-state index in [0.717, 1.165) is 6.42 Å². The van der Waals surface area contributed by atoms with E-state index in [4.69, 9.17) is 11.6 Å². The molecule has 9 heteroatoms. The summed E-state index contributed by atoms with van der Waals surface area (Å²) in [6.45, 7) is 0. The number of halogens is 1. The van der Waals surface area contributed by atoms with E-state index in [0.29, 0.717) is 17.9 Å². The van der Waals surface area contributed by atoms with Crippen molar-refractivity contribution in [2.45, 2.75) is 41.5 Å². The van der Waals surface area contributed by atoms with Gasteiger partial charge in [0.05, 0.1) is 10.6 Å². The van der Waals surface area contributed by atoms with Crippen LogP contribution in [0, 0.1) is 0 Å². The van der Waals surface area contributed by atoms with E-state index in [1.54, 1.807) is 5.38 Å². The Morgan fingerprint density at radius 3 is 2.65 bits per heavy atom. The van der Waals surface area contributed by atoms with E-state index in [-0.39, 0.29) is 39.8 Å². The average Bonchev–Trinajstić information content (AvgIpc) is 3.22. The molecular weight excluding hydrogens is 396 g/mol. The van der Waals surface area contributed by atoms with Gasteiger partial charge in [-0.1, -0.05) is 11.6 Å². The smallest absolute Gasteiger partial charge is 0.224 e. The van der Waals surface area contributed by atoms with Gasteiger partial charge < -0.3 is 10.6 Å². The van der Waals surface area contributed by atoms with Crippen LogP contribution in [-0.2, 0) is 19.4 Å². The Bertz CT molecular complexity index is 922. The van der Waals surface area contributed by atoms with Gasteiger partial charge in [-0.3, -0.25) is 9.59 Å². The maximum atomic E-state index is 12.8. The van der Waals surface area contributed by atoms with Crippen LogP contribution in [0.1, 0.15) is 25.7 Å². The molecule has 0 bridgehead atoms. The zero-order chi connectivity index (χ0) is 18.7. The number of benzene rings is 1. The van der Waals surface area contributed by atoms with Crippen molar-refractivity contribution in [3.63, 3.8) is 0 Å². The molecule has 1 aliphatic rings. The summed E-state index contributed by atoms with van der Waals surface area (Å²) in [6.07, 6.45) is 1.95. The summed E-state index contributed by atoms with van der Waals surface area (Å²) >= 11 is 7.01. The van der Waals surface area contributed by atoms with Crippen LogP contribution in [0.25, 0.3) is 0 Å². The predicted molar refractivity (Wildman–Crippen MR) is 100 cm³/mol. The molecule has 26 heavy (non-hydrogen) atoms. The second-order valence-corrected chi connectivity index (χ2v) is 9.10. The molecular formula is C17H17ClN2O4S2. The molecule has 0 saturated carbocycles. The third-order valence-corrected chi connectivity index (χ3v) is 7.07. The minimum atomic E-state index is -3.75. The predicted octanol–water partition coefficient (Wildman–Crippen LogP) is 3.23. The minimum absolute atomic E-state index is 0.00425. The second-order valence-electron chi connectivity index (χ2n) is 6.00. The first-order chi connectivity index (χ1) is 12.4. The summed E-state index contributed by atoms with van der Waals surface area (Å²) in [5.41, 5.74) is 0.269. The van der Waals surface area contributed by atoms with Gasteiger partial charge in [-0.25, -0.2) is 8.42 Å². The number of carbonyl (C=O) groups excluding carboxylic acids is 2. The highest BCUT2D eigenvalue weighted by Gasteiger charge is 2.24. The summed E-state index contributed by atoms with van der Waals surface area (Å²) in [4.78, 5) is 23.5. The lowest BCUT2D eigenvalue weighted by atomic mass is 10.1. The number of nitrogens with one attached hydrogen (secondary N) is 2. The van der Waals surface area contributed by atoms with E-state index < -0.39 is 9.84 Å². The summed E-state index contributed by atoms with van der Waals surface area (Å²) in [6, 6.07) is 5.89. The lowest BCUT2D eigenvalue weighted by Gasteiger charge is -2.11. The molecule has 1 saturated heterocycles. The first-order valence-electron chi connectivity index (χ1n) is 8.02. The number of carbonyl (C=O) groups is 2. The Morgan fingerprint density at radius 2 is 2.00 bits per heavy atom. The van der Waals surface area contributed by atoms with Gasteiger partial charge in [0.1, 0.15) is 4.90 Å². The van der Waals surface area contributed by atoms with E-state index >= 15 is 0 Å². The van der Waals surface area contributed by atoms with Crippen LogP contribution < -0.4 is 10.6 Å². The van der Waals surface area contributed by atoms with Gasteiger partial charge in [0.15, 0.2) is 0 Å². The maximum Gasteiger partial charge on any atom is 0.224 e. The Labute approximate surface area is 160 Å². The Hall–Kier alpha value is -1.90. The summed E-state index contributed by atoms with van der Waals surface area (Å²) in [7, 11) is -3.75. The van der Waals surface area contributed by atoms with Gasteiger partial charge in [-0.15, -0.1) is 11.3 Å². The van der Waals surface area contributed by atoms with Crippen LogP contribution in [-0.4, -0.2) is 26.3 Å². The van der Waals surface area contributed by atoms with Gasteiger partial charge in [0.2, 0.25) is 21.7 Å². The van der Waals surface area contributed by atoms with Crippen LogP contribution in [0.3, 0.4) is 0 Å². The molecule has 0 aliphatic carbocycles. The standard InChI is InChI=1S/C17H17ClN2O4S2/c18-11-1-5-13(6-2-11)26(23,24)15-10-25-9-14(15)20-17(22)8-4-12-3-7-16(21)19-12/h1-2,5-6,9-10,12H,3-4,7-8H2,(H,19,21)(H,20,22). The topological polar surface area (TPSA) is 92.3 Å². The first kappa shape index (κ1) is 18.9. The molecule has 0 spiro atoms. The van der Waals surface area contributed by atoms with Crippen molar-refractivity contribution in [1.82, 2.24) is 5.32 Å². The Kier molecular flexibility index (Phi) is 5.64. The normalized spacial score (nSPS) is 17.1. The average molecular weight is 413 g/mol. The van der Waals surface area contributed by atoms with Crippen LogP contribution in [0.15, 0.2) is 44.8 Å². The van der Waals surface area contributed by atoms with Crippen molar-refractivity contribution in [2.24, 2.45) is 0 Å². The molecule has 1 aromatic carbocycles. The van der Waals surface area contributed by atoms with E-state index in [9.17, 15) is 18.0 Å². The zero-order valence-corrected chi connectivity index (χ0v) is 16.1. The lowest BCUT2D eigenvalue weighted by Crippen LogP contribution is -2.26. The Morgan fingerprint density at radius 1 is 1.27 bits per heavy atom. The third kappa shape index (κ3) is 4.25. The highest BCUT2D eigenvalue weighted by Crippen LogP contribution is 2.31. The molecule has 2 aromatic rings. The minimum Gasteiger partial charge on any atom is -0.353 e. The van der Waals surface area contributed by atoms with Crippen molar-refractivity contribution in [1.29, 1.82) is 0 Å². The molecule has 1 unspecified atom stereocenters. The SMILES string of the molecule is O=C(CCC1CCC(=O)N1)Nc1cscc1S(=O)(=O)c1ccc(Cl)cc1. The number of hydrogen-bond acceptors (Lipinski definition) is 5. The van der Waals surface area contributed by atoms with Gasteiger partial charge in [0.25, 0.3) is 0 Å². The Balaban J connectivity index is 1.69. The van der Waals surface area contributed by atoms with Gasteiger partial charge in [-0.2, -0.15) is 0 Å². The number of hydrogen-bond donors (Lipinski definition) is 2. The van der Waals surface area contributed by atoms with E-state index in [2.05, 4.69) is 10.6 Å². The number of anilines is 1. The quantitative estimate of drug-likeness (QED) is 0.761. The molecule has 1 fully saturated rings. The molecule has 2 N–H and O–H groups in total. The molecule has 138 valence electrons. The van der Waals surface area contributed by atoms with Crippen LogP contribution in [0.4, 0.5) is 5.69 Å². The number of thiophene rings is 1. The molecule has 2 amide bonds. The van der Waals surface area contributed by atoms with Crippen molar-refractivity contribution < 1.29 is 18.0 Å². The van der Waals surface area contributed by atoms with E-state index in [1.807, 2.05) is 0 Å². The monoisotopic (exact) mass is 412 g/mol. The zero-order valence-electron chi connectivity index (χ0n) is 13.7. The molecule has 3 rings (SSSR count). The lowest BCUT2D eigenvalue weighted by molar-refractivity contribution is -0.120. The number of amides is 2. The maximum absolute atomic E-state index is 12.8. The van der Waals surface area contributed by atoms with Crippen molar-refractivity contribution in [3.8, 4) is 0 Å². The highest BCUT2D eigenvalue weighted by atomic mass is 35.5. The van der Waals surface area contributed by atoms with Gasteiger partial charge in [0, 0.05) is 34.7 Å². The van der Waals surface area contributed by atoms with Gasteiger partial charge in [-0.05, 0) is 37.1 Å². The summed E-state index contributed by atoms with van der Waals surface area (Å²) in [5, 5.41) is 9.01. The molecule has 6 nitrogen and oxygen atoms in total. The highest BCUT2D eigenvalue weighted by molar-refractivity contribution is 7.91. The summed E-state index contributed by atoms with van der Waals surface area (Å²) < 4.78 is 25.6. The fourth-order valence-corrected chi connectivity index (χ4v) is 5.40. The van der Waals surface area contributed by atoms with Crippen molar-refractivity contribution in [3.05, 3.63) is 40.0 Å². The first-order valence-corrected chi connectivity index (χ1v) is 10.8. The third-order valence-electron chi connectivity index (χ3n) is 4.12. The number of sulfone groups is 1. The number of rotatable bonds is 6. The largest absolute Gasteiger partial charge is 0.353 e. The molecule has 2 heterocycles. The fraction of sp³-hybridized carbons (Fsp3) is 0.294. The van der Waals surface area contributed by atoms with E-state index in [1.165, 1.54) is 41.0 Å². The molecule has 1 atom stereocenters. The molecule has 1 aliphatic heterocycles. The van der Waals surface area contributed by atoms with Crippen LogP contribution >= 0.6 is 22.9 Å². The van der Waals surface area contributed by atoms with Crippen LogP contribution in [0.5, 0.6) is 0 Å². The van der Waals surface area contributed by atoms with Crippen molar-refractivity contribution >= 4 is 50.3 Å². The fourth-order valence-electron chi connectivity index (χ4n) is 2.74. The second kappa shape index (κ2) is 7.77. The molecule has 1 aromatic heterocycles.